The fraction of sp³-hybridized carbons (Fsp3) is 0.371. The quantitative estimate of drug-likeness (QED) is 0.211. The maximum Gasteiger partial charge on any atom is 0.273 e. The summed E-state index contributed by atoms with van der Waals surface area (Å²) in [5.41, 5.74) is 3.85. The fourth-order valence-electron chi connectivity index (χ4n) is 5.10. The number of halogens is 1. The number of pyridine rings is 1. The number of ether oxygens (including phenoxy) is 1. The van der Waals surface area contributed by atoms with E-state index in [2.05, 4.69) is 43.4 Å². The maximum absolute atomic E-state index is 15.1. The number of allylic oxidation sites excluding steroid dienone is 2. The van der Waals surface area contributed by atoms with Crippen LogP contribution < -0.4 is 26.0 Å². The molecule has 0 unspecified atom stereocenters. The van der Waals surface area contributed by atoms with Gasteiger partial charge in [0.25, 0.3) is 11.8 Å². The van der Waals surface area contributed by atoms with Crippen molar-refractivity contribution >= 4 is 40.5 Å². The van der Waals surface area contributed by atoms with Crippen molar-refractivity contribution in [2.45, 2.75) is 53.0 Å². The molecule has 1 saturated carbocycles. The van der Waals surface area contributed by atoms with Crippen molar-refractivity contribution in [3.05, 3.63) is 82.7 Å². The first-order valence-electron chi connectivity index (χ1n) is 16.1. The number of anilines is 3. The van der Waals surface area contributed by atoms with E-state index >= 15 is 4.39 Å². The van der Waals surface area contributed by atoms with Crippen LogP contribution in [0.2, 0.25) is 0 Å². The zero-order valence-corrected chi connectivity index (χ0v) is 28.2. The van der Waals surface area contributed by atoms with E-state index in [-0.39, 0.29) is 47.2 Å². The Labute approximate surface area is 280 Å². The van der Waals surface area contributed by atoms with Gasteiger partial charge in [-0.1, -0.05) is 33.3 Å². The first kappa shape index (κ1) is 35.5. The molecule has 254 valence electrons. The van der Waals surface area contributed by atoms with Crippen LogP contribution in [0, 0.1) is 11.7 Å². The van der Waals surface area contributed by atoms with Crippen LogP contribution >= 0.6 is 0 Å². The molecule has 3 aromatic rings. The third-order valence-electron chi connectivity index (χ3n) is 7.62. The lowest BCUT2D eigenvalue weighted by Crippen LogP contribution is -2.35. The summed E-state index contributed by atoms with van der Waals surface area (Å²) in [5.74, 6) is -1.08. The Morgan fingerprint density at radius 3 is 2.50 bits per heavy atom. The van der Waals surface area contributed by atoms with Gasteiger partial charge >= 0.3 is 0 Å². The molecule has 0 bridgehead atoms. The number of nitrogens with zero attached hydrogens (tertiary/aromatic N) is 4. The Bertz CT molecular complexity index is 1720. The van der Waals surface area contributed by atoms with Crippen LogP contribution in [0.4, 0.5) is 21.6 Å². The standard InChI is InChI=1S/C33H37FN8O4.C2H6/c1-5-6-19-11-12-36-23(13-19)18-42(3)33(45)25-10-9-21(17-37-25)24-14-22(34)15-27(30(24)46-4)38-26-16-28(39-31(43)20-7-8-20)40-41-29(26)32(44)35-2;1-2/h9-16,20,37H,5-8,17-18H2,1-4H3,(H,35,44)(H2,38,39,40,43);1-2H3. The van der Waals surface area contributed by atoms with Crippen LogP contribution in [-0.2, 0) is 22.6 Å². The molecular weight excluding hydrogens is 615 g/mol. The molecule has 1 fully saturated rings. The van der Waals surface area contributed by atoms with E-state index in [1.807, 2.05) is 26.0 Å². The summed E-state index contributed by atoms with van der Waals surface area (Å²) >= 11 is 0. The lowest BCUT2D eigenvalue weighted by Gasteiger charge is -2.24. The molecule has 0 radical (unpaired) electrons. The lowest BCUT2D eigenvalue weighted by molar-refractivity contribution is -0.126. The highest BCUT2D eigenvalue weighted by atomic mass is 19.1. The van der Waals surface area contributed by atoms with Crippen molar-refractivity contribution in [2.75, 3.05) is 38.4 Å². The van der Waals surface area contributed by atoms with Crippen molar-refractivity contribution in [1.29, 1.82) is 0 Å². The Morgan fingerprint density at radius 1 is 1.08 bits per heavy atom. The van der Waals surface area contributed by atoms with Gasteiger partial charge in [0.05, 0.1) is 30.7 Å². The van der Waals surface area contributed by atoms with E-state index in [4.69, 9.17) is 4.74 Å². The molecule has 2 aromatic heterocycles. The van der Waals surface area contributed by atoms with Gasteiger partial charge in [0.15, 0.2) is 11.5 Å². The van der Waals surface area contributed by atoms with Crippen molar-refractivity contribution < 1.29 is 23.5 Å². The lowest BCUT2D eigenvalue weighted by atomic mass is 10.00. The van der Waals surface area contributed by atoms with Gasteiger partial charge in [-0.2, -0.15) is 0 Å². The van der Waals surface area contributed by atoms with Crippen molar-refractivity contribution in [3.63, 3.8) is 0 Å². The van der Waals surface area contributed by atoms with Crippen molar-refractivity contribution in [2.24, 2.45) is 5.92 Å². The SMILES string of the molecule is CC.CCCc1ccnc(CN(C)C(=O)C2=CC=C(c3cc(F)cc(Nc4cc(NC(=O)C5CC5)nnc4C(=O)NC)c3OC)CN2)c1. The highest BCUT2D eigenvalue weighted by Crippen LogP contribution is 2.38. The average Bonchev–Trinajstić information content (AvgIpc) is 3.95. The van der Waals surface area contributed by atoms with Crippen molar-refractivity contribution in [1.82, 2.24) is 30.7 Å². The molecule has 3 heterocycles. The van der Waals surface area contributed by atoms with Gasteiger partial charge in [-0.25, -0.2) is 4.39 Å². The summed E-state index contributed by atoms with van der Waals surface area (Å²) in [6, 6.07) is 8.04. The van der Waals surface area contributed by atoms with Crippen LogP contribution in [0.25, 0.3) is 5.57 Å². The fourth-order valence-corrected chi connectivity index (χ4v) is 5.10. The van der Waals surface area contributed by atoms with Crippen LogP contribution in [0.15, 0.2) is 54.4 Å². The number of hydrogen-bond donors (Lipinski definition) is 4. The Kier molecular flexibility index (Phi) is 12.2. The van der Waals surface area contributed by atoms with E-state index in [0.717, 1.165) is 31.4 Å². The second kappa shape index (κ2) is 16.5. The van der Waals surface area contributed by atoms with E-state index in [1.54, 1.807) is 30.3 Å². The molecule has 4 N–H and O–H groups in total. The van der Waals surface area contributed by atoms with E-state index in [0.29, 0.717) is 29.1 Å². The van der Waals surface area contributed by atoms with E-state index in [1.165, 1.54) is 37.9 Å². The molecule has 5 rings (SSSR count). The molecular formula is C35H43FN8O4. The van der Waals surface area contributed by atoms with Gasteiger partial charge in [-0.15, -0.1) is 10.2 Å². The predicted octanol–water partition coefficient (Wildman–Crippen LogP) is 4.98. The number of amides is 3. The molecule has 0 spiro atoms. The highest BCUT2D eigenvalue weighted by molar-refractivity contribution is 6.00. The number of aromatic nitrogens is 3. The summed E-state index contributed by atoms with van der Waals surface area (Å²) in [7, 11) is 4.62. The van der Waals surface area contributed by atoms with Gasteiger partial charge in [0, 0.05) is 50.5 Å². The largest absolute Gasteiger partial charge is 0.494 e. The minimum Gasteiger partial charge on any atom is -0.494 e. The van der Waals surface area contributed by atoms with Crippen LogP contribution in [-0.4, -0.2) is 65.6 Å². The highest BCUT2D eigenvalue weighted by Gasteiger charge is 2.30. The smallest absolute Gasteiger partial charge is 0.273 e. The van der Waals surface area contributed by atoms with E-state index in [9.17, 15) is 14.4 Å². The van der Waals surface area contributed by atoms with Crippen LogP contribution in [0.3, 0.4) is 0 Å². The molecule has 12 nitrogen and oxygen atoms in total. The normalized spacial score (nSPS) is 13.5. The second-order valence-electron chi connectivity index (χ2n) is 11.2. The number of methoxy groups -OCH3 is 1. The minimum atomic E-state index is -0.562. The molecule has 48 heavy (non-hydrogen) atoms. The maximum atomic E-state index is 15.1. The van der Waals surface area contributed by atoms with E-state index < -0.39 is 11.7 Å². The number of nitrogens with one attached hydrogen (secondary N) is 4. The summed E-state index contributed by atoms with van der Waals surface area (Å²) < 4.78 is 20.8. The second-order valence-corrected chi connectivity index (χ2v) is 11.2. The number of aryl methyl sites for hydroxylation is 1. The number of carbonyl (C=O) groups is 3. The molecule has 1 aliphatic carbocycles. The number of dihydropyridines is 1. The number of hydrogen-bond acceptors (Lipinski definition) is 9. The van der Waals surface area contributed by atoms with Gasteiger partial charge in [-0.3, -0.25) is 19.4 Å². The Hall–Kier alpha value is -5.33. The topological polar surface area (TPSA) is 150 Å². The Morgan fingerprint density at radius 2 is 1.85 bits per heavy atom. The average molecular weight is 659 g/mol. The van der Waals surface area contributed by atoms with Gasteiger partial charge in [0.1, 0.15) is 17.3 Å². The Balaban J connectivity index is 0.00000255. The summed E-state index contributed by atoms with van der Waals surface area (Å²) in [6.07, 6.45) is 8.74. The van der Waals surface area contributed by atoms with Gasteiger partial charge < -0.3 is 30.9 Å². The zero-order chi connectivity index (χ0) is 34.8. The summed E-state index contributed by atoms with van der Waals surface area (Å²) in [4.78, 5) is 44.1. The van der Waals surface area contributed by atoms with Gasteiger partial charge in [-0.05, 0) is 54.7 Å². The molecule has 0 atom stereocenters. The van der Waals surface area contributed by atoms with Gasteiger partial charge in [0.2, 0.25) is 5.91 Å². The number of likely N-dealkylation sites (N-methyl/N-ethyl adjacent to an activating group) is 1. The number of rotatable bonds is 12. The number of benzene rings is 1. The van der Waals surface area contributed by atoms with Crippen LogP contribution in [0.1, 0.15) is 67.3 Å². The minimum absolute atomic E-state index is 0.0548. The molecule has 13 heteroatoms. The summed E-state index contributed by atoms with van der Waals surface area (Å²) in [5, 5.41) is 19.4. The predicted molar refractivity (Wildman–Crippen MR) is 183 cm³/mol. The number of carbonyl (C=O) groups excluding carboxylic acids is 3. The molecule has 2 aliphatic rings. The molecule has 1 aliphatic heterocycles. The molecule has 1 aromatic carbocycles. The third-order valence-corrected chi connectivity index (χ3v) is 7.62. The first-order valence-corrected chi connectivity index (χ1v) is 16.1. The van der Waals surface area contributed by atoms with Crippen LogP contribution in [0.5, 0.6) is 5.75 Å². The first-order chi connectivity index (χ1) is 23.2. The van der Waals surface area contributed by atoms with Crippen molar-refractivity contribution in [3.8, 4) is 5.75 Å². The molecule has 3 amide bonds. The molecule has 0 saturated heterocycles. The summed E-state index contributed by atoms with van der Waals surface area (Å²) in [6.45, 7) is 6.70. The zero-order valence-electron chi connectivity index (χ0n) is 28.2. The third kappa shape index (κ3) is 8.72. The monoisotopic (exact) mass is 658 g/mol.